The van der Waals surface area contributed by atoms with Crippen LogP contribution in [-0.2, 0) is 9.53 Å². The predicted molar refractivity (Wildman–Crippen MR) is 79.2 cm³/mol. The molecule has 1 N–H and O–H groups in total. The van der Waals surface area contributed by atoms with Gasteiger partial charge in [0.25, 0.3) is 0 Å². The Bertz CT molecular complexity index is 539. The molecule has 0 spiro atoms. The highest BCUT2D eigenvalue weighted by Crippen LogP contribution is 2.20. The zero-order chi connectivity index (χ0) is 14.4. The van der Waals surface area contributed by atoms with Gasteiger partial charge in [-0.25, -0.2) is 4.79 Å². The predicted octanol–water partition coefficient (Wildman–Crippen LogP) is 3.25. The van der Waals surface area contributed by atoms with Crippen LogP contribution in [0.4, 0.5) is 0 Å². The van der Waals surface area contributed by atoms with Gasteiger partial charge in [0.15, 0.2) is 0 Å². The maximum absolute atomic E-state index is 12.0. The third-order valence-electron chi connectivity index (χ3n) is 3.29. The number of esters is 1. The van der Waals surface area contributed by atoms with Gasteiger partial charge in [-0.15, -0.1) is 0 Å². The number of nitrogens with one attached hydrogen (secondary N) is 1. The second kappa shape index (κ2) is 6.87. The molecule has 0 fully saturated rings. The van der Waals surface area contributed by atoms with Crippen molar-refractivity contribution >= 4 is 5.97 Å². The molecule has 20 heavy (non-hydrogen) atoms. The van der Waals surface area contributed by atoms with E-state index >= 15 is 0 Å². The molecule has 0 amide bonds. The van der Waals surface area contributed by atoms with Crippen LogP contribution in [0.3, 0.4) is 0 Å². The molecule has 3 heteroatoms. The molecule has 1 unspecified atom stereocenters. The van der Waals surface area contributed by atoms with Crippen molar-refractivity contribution in [3.05, 3.63) is 71.8 Å². The Morgan fingerprint density at radius 1 is 0.950 bits per heavy atom. The Balaban J connectivity index is 2.19. The second-order valence-corrected chi connectivity index (χ2v) is 4.67. The van der Waals surface area contributed by atoms with Gasteiger partial charge in [-0.3, -0.25) is 5.32 Å². The van der Waals surface area contributed by atoms with Crippen LogP contribution in [0.1, 0.15) is 30.1 Å². The van der Waals surface area contributed by atoms with Gasteiger partial charge in [-0.05, 0) is 18.1 Å². The summed E-state index contributed by atoms with van der Waals surface area (Å²) in [7, 11) is 1.41. The van der Waals surface area contributed by atoms with Crippen LogP contribution in [0.5, 0.6) is 0 Å². The first-order valence-corrected chi connectivity index (χ1v) is 6.66. The van der Waals surface area contributed by atoms with E-state index in [1.807, 2.05) is 67.6 Å². The van der Waals surface area contributed by atoms with Crippen molar-refractivity contribution in [3.63, 3.8) is 0 Å². The van der Waals surface area contributed by atoms with E-state index in [0.717, 1.165) is 11.1 Å². The molecule has 0 saturated carbocycles. The number of carbonyl (C=O) groups excluding carboxylic acids is 1. The lowest BCUT2D eigenvalue weighted by atomic mass is 10.0. The van der Waals surface area contributed by atoms with Crippen molar-refractivity contribution in [1.29, 1.82) is 0 Å². The molecule has 3 nitrogen and oxygen atoms in total. The highest BCUT2D eigenvalue weighted by atomic mass is 16.5. The number of ether oxygens (including phenoxy) is 1. The summed E-state index contributed by atoms with van der Waals surface area (Å²) in [5.41, 5.74) is 2.04. The number of hydrogen-bond donors (Lipinski definition) is 1. The number of methoxy groups -OCH3 is 1. The van der Waals surface area contributed by atoms with Crippen molar-refractivity contribution < 1.29 is 9.53 Å². The SMILES string of the molecule is COC(=O)C(N[C@@H](C)c1ccccc1)c1ccccc1. The van der Waals surface area contributed by atoms with Gasteiger partial charge < -0.3 is 4.74 Å². The molecule has 2 aromatic carbocycles. The molecule has 2 atom stereocenters. The fourth-order valence-corrected chi connectivity index (χ4v) is 2.15. The molecule has 0 radical (unpaired) electrons. The van der Waals surface area contributed by atoms with E-state index in [2.05, 4.69) is 5.32 Å². The lowest BCUT2D eigenvalue weighted by molar-refractivity contribution is -0.143. The first-order chi connectivity index (χ1) is 9.72. The van der Waals surface area contributed by atoms with E-state index in [4.69, 9.17) is 4.74 Å². The zero-order valence-corrected chi connectivity index (χ0v) is 11.7. The van der Waals surface area contributed by atoms with E-state index < -0.39 is 6.04 Å². The molecular formula is C17H19NO2. The quantitative estimate of drug-likeness (QED) is 0.847. The summed E-state index contributed by atoms with van der Waals surface area (Å²) in [5, 5.41) is 3.33. The molecule has 104 valence electrons. The van der Waals surface area contributed by atoms with Gasteiger partial charge in [-0.2, -0.15) is 0 Å². The van der Waals surface area contributed by atoms with E-state index in [1.54, 1.807) is 0 Å². The standard InChI is InChI=1S/C17H19NO2/c1-13(14-9-5-3-6-10-14)18-16(17(19)20-2)15-11-7-4-8-12-15/h3-13,16,18H,1-2H3/t13-,16?/m0/s1. The topological polar surface area (TPSA) is 38.3 Å². The normalized spacial score (nSPS) is 13.5. The summed E-state index contributed by atoms with van der Waals surface area (Å²) in [5.74, 6) is -0.279. The highest BCUT2D eigenvalue weighted by Gasteiger charge is 2.23. The third kappa shape index (κ3) is 3.45. The Kier molecular flexibility index (Phi) is 4.91. The number of rotatable bonds is 5. The summed E-state index contributed by atoms with van der Waals surface area (Å²) in [4.78, 5) is 12.0. The highest BCUT2D eigenvalue weighted by molar-refractivity contribution is 5.77. The molecule has 0 aliphatic rings. The van der Waals surface area contributed by atoms with Crippen molar-refractivity contribution in [2.45, 2.75) is 19.0 Å². The Hall–Kier alpha value is -2.13. The number of benzene rings is 2. The minimum absolute atomic E-state index is 0.0560. The van der Waals surface area contributed by atoms with E-state index in [-0.39, 0.29) is 12.0 Å². The first kappa shape index (κ1) is 14.3. The van der Waals surface area contributed by atoms with Crippen LogP contribution in [0.2, 0.25) is 0 Å². The van der Waals surface area contributed by atoms with Gasteiger partial charge in [0.2, 0.25) is 0 Å². The lowest BCUT2D eigenvalue weighted by Crippen LogP contribution is -2.31. The minimum atomic E-state index is -0.462. The minimum Gasteiger partial charge on any atom is -0.468 e. The van der Waals surface area contributed by atoms with Gasteiger partial charge in [0, 0.05) is 6.04 Å². The number of carbonyl (C=O) groups is 1. The average molecular weight is 269 g/mol. The van der Waals surface area contributed by atoms with Gasteiger partial charge in [0.05, 0.1) is 7.11 Å². The molecule has 0 aliphatic carbocycles. The molecular weight excluding hydrogens is 250 g/mol. The van der Waals surface area contributed by atoms with Crippen LogP contribution in [-0.4, -0.2) is 13.1 Å². The summed E-state index contributed by atoms with van der Waals surface area (Å²) < 4.78 is 4.90. The summed E-state index contributed by atoms with van der Waals surface area (Å²) >= 11 is 0. The second-order valence-electron chi connectivity index (χ2n) is 4.67. The maximum atomic E-state index is 12.0. The van der Waals surface area contributed by atoms with E-state index in [1.165, 1.54) is 7.11 Å². The fraction of sp³-hybridized carbons (Fsp3) is 0.235. The summed E-state index contributed by atoms with van der Waals surface area (Å²) in [6, 6.07) is 19.2. The molecule has 0 aromatic heterocycles. The molecule has 0 bridgehead atoms. The molecule has 0 heterocycles. The Labute approximate surface area is 119 Å². The average Bonchev–Trinajstić information content (AvgIpc) is 2.53. The monoisotopic (exact) mass is 269 g/mol. The van der Waals surface area contributed by atoms with E-state index in [0.29, 0.717) is 0 Å². The maximum Gasteiger partial charge on any atom is 0.327 e. The first-order valence-electron chi connectivity index (χ1n) is 6.66. The van der Waals surface area contributed by atoms with E-state index in [9.17, 15) is 4.79 Å². The van der Waals surface area contributed by atoms with Crippen LogP contribution in [0.15, 0.2) is 60.7 Å². The van der Waals surface area contributed by atoms with Crippen LogP contribution in [0, 0.1) is 0 Å². The zero-order valence-electron chi connectivity index (χ0n) is 11.7. The summed E-state index contributed by atoms with van der Waals surface area (Å²) in [6.45, 7) is 2.04. The largest absolute Gasteiger partial charge is 0.468 e. The van der Waals surface area contributed by atoms with Crippen molar-refractivity contribution in [3.8, 4) is 0 Å². The summed E-state index contributed by atoms with van der Waals surface area (Å²) in [6.07, 6.45) is 0. The Morgan fingerprint density at radius 3 is 1.95 bits per heavy atom. The van der Waals surface area contributed by atoms with Gasteiger partial charge >= 0.3 is 5.97 Å². The van der Waals surface area contributed by atoms with Gasteiger partial charge in [-0.1, -0.05) is 60.7 Å². The molecule has 0 saturated heterocycles. The Morgan fingerprint density at radius 2 is 1.45 bits per heavy atom. The lowest BCUT2D eigenvalue weighted by Gasteiger charge is -2.22. The van der Waals surface area contributed by atoms with Crippen LogP contribution < -0.4 is 5.32 Å². The smallest absolute Gasteiger partial charge is 0.327 e. The number of hydrogen-bond acceptors (Lipinski definition) is 3. The molecule has 2 rings (SSSR count). The molecule has 0 aliphatic heterocycles. The van der Waals surface area contributed by atoms with Crippen molar-refractivity contribution in [2.24, 2.45) is 0 Å². The van der Waals surface area contributed by atoms with Crippen molar-refractivity contribution in [2.75, 3.05) is 7.11 Å². The third-order valence-corrected chi connectivity index (χ3v) is 3.29. The fourth-order valence-electron chi connectivity index (χ4n) is 2.15. The van der Waals surface area contributed by atoms with Crippen LogP contribution in [0.25, 0.3) is 0 Å². The van der Waals surface area contributed by atoms with Crippen molar-refractivity contribution in [1.82, 2.24) is 5.32 Å². The van der Waals surface area contributed by atoms with Crippen LogP contribution >= 0.6 is 0 Å². The molecule has 2 aromatic rings. The van der Waals surface area contributed by atoms with Gasteiger partial charge in [0.1, 0.15) is 6.04 Å².